The van der Waals surface area contributed by atoms with E-state index in [1.54, 1.807) is 4.52 Å². The van der Waals surface area contributed by atoms with E-state index in [-0.39, 0.29) is 5.41 Å². The van der Waals surface area contributed by atoms with Gasteiger partial charge in [0, 0.05) is 32.3 Å². The number of rotatable bonds is 4. The average molecular weight is 325 g/mol. The SMILES string of the molecule is CN(C)c1cc(CNc2ccc3nnc(C(C)(C)C)n3n2)ccn1. The van der Waals surface area contributed by atoms with Crippen molar-refractivity contribution in [2.75, 3.05) is 24.3 Å². The zero-order valence-electron chi connectivity index (χ0n) is 14.8. The van der Waals surface area contributed by atoms with Gasteiger partial charge >= 0.3 is 0 Å². The van der Waals surface area contributed by atoms with E-state index >= 15 is 0 Å². The van der Waals surface area contributed by atoms with Crippen LogP contribution in [-0.2, 0) is 12.0 Å². The number of hydrogen-bond donors (Lipinski definition) is 1. The fraction of sp³-hybridized carbons (Fsp3) is 0.412. The highest BCUT2D eigenvalue weighted by Crippen LogP contribution is 2.21. The third-order valence-corrected chi connectivity index (χ3v) is 3.68. The van der Waals surface area contributed by atoms with Gasteiger partial charge in [-0.2, -0.15) is 4.52 Å². The Hall–Kier alpha value is -2.70. The maximum atomic E-state index is 4.63. The molecule has 3 heterocycles. The van der Waals surface area contributed by atoms with Crippen LogP contribution < -0.4 is 10.2 Å². The van der Waals surface area contributed by atoms with Crippen LogP contribution in [0.1, 0.15) is 32.2 Å². The van der Waals surface area contributed by atoms with Gasteiger partial charge in [0.15, 0.2) is 11.5 Å². The standard InChI is InChI=1S/C17H23N7/c1-17(2,3)16-21-20-14-7-6-13(22-24(14)16)19-11-12-8-9-18-15(10-12)23(4)5/h6-10H,11H2,1-5H3,(H,19,22). The van der Waals surface area contributed by atoms with Gasteiger partial charge < -0.3 is 10.2 Å². The molecule has 0 spiro atoms. The van der Waals surface area contributed by atoms with Crippen molar-refractivity contribution in [3.63, 3.8) is 0 Å². The first-order chi connectivity index (χ1) is 11.3. The maximum Gasteiger partial charge on any atom is 0.178 e. The number of hydrogen-bond acceptors (Lipinski definition) is 6. The second-order valence-electron chi connectivity index (χ2n) is 7.03. The lowest BCUT2D eigenvalue weighted by molar-refractivity contribution is 0.527. The smallest absolute Gasteiger partial charge is 0.178 e. The fourth-order valence-corrected chi connectivity index (χ4v) is 2.36. The van der Waals surface area contributed by atoms with Gasteiger partial charge in [0.25, 0.3) is 0 Å². The zero-order valence-corrected chi connectivity index (χ0v) is 14.8. The van der Waals surface area contributed by atoms with Gasteiger partial charge in [0.1, 0.15) is 11.6 Å². The fourth-order valence-electron chi connectivity index (χ4n) is 2.36. The summed E-state index contributed by atoms with van der Waals surface area (Å²) >= 11 is 0. The Kier molecular flexibility index (Phi) is 4.09. The molecule has 7 heteroatoms. The van der Waals surface area contributed by atoms with E-state index in [1.165, 1.54) is 0 Å². The van der Waals surface area contributed by atoms with Crippen LogP contribution in [0, 0.1) is 0 Å². The Balaban J connectivity index is 1.82. The number of nitrogens with one attached hydrogen (secondary N) is 1. The number of fused-ring (bicyclic) bond motifs is 1. The van der Waals surface area contributed by atoms with Gasteiger partial charge in [-0.05, 0) is 29.8 Å². The molecule has 0 aliphatic heterocycles. The Labute approximate surface area is 141 Å². The summed E-state index contributed by atoms with van der Waals surface area (Å²) in [6.07, 6.45) is 1.82. The van der Waals surface area contributed by atoms with Crippen LogP contribution in [0.15, 0.2) is 30.5 Å². The first-order valence-corrected chi connectivity index (χ1v) is 7.94. The van der Waals surface area contributed by atoms with E-state index in [1.807, 2.05) is 43.4 Å². The highest BCUT2D eigenvalue weighted by atomic mass is 15.4. The molecule has 0 unspecified atom stereocenters. The molecule has 3 aromatic heterocycles. The number of anilines is 2. The lowest BCUT2D eigenvalue weighted by atomic mass is 9.96. The molecule has 0 fully saturated rings. The molecule has 0 radical (unpaired) electrons. The van der Waals surface area contributed by atoms with Gasteiger partial charge in [0.2, 0.25) is 0 Å². The molecule has 3 aromatic rings. The van der Waals surface area contributed by atoms with Crippen molar-refractivity contribution in [1.29, 1.82) is 0 Å². The molecule has 0 bridgehead atoms. The number of pyridine rings is 1. The Morgan fingerprint density at radius 1 is 1.12 bits per heavy atom. The summed E-state index contributed by atoms with van der Waals surface area (Å²) in [7, 11) is 3.96. The topological polar surface area (TPSA) is 71.2 Å². The van der Waals surface area contributed by atoms with Crippen molar-refractivity contribution < 1.29 is 0 Å². The monoisotopic (exact) mass is 325 g/mol. The summed E-state index contributed by atoms with van der Waals surface area (Å²) in [4.78, 5) is 6.32. The molecule has 1 N–H and O–H groups in total. The number of nitrogens with zero attached hydrogens (tertiary/aromatic N) is 6. The van der Waals surface area contributed by atoms with Crippen molar-refractivity contribution in [1.82, 2.24) is 24.8 Å². The largest absolute Gasteiger partial charge is 0.365 e. The second kappa shape index (κ2) is 6.07. The summed E-state index contributed by atoms with van der Waals surface area (Å²) in [6, 6.07) is 7.91. The molecule has 0 aliphatic rings. The van der Waals surface area contributed by atoms with Gasteiger partial charge in [-0.25, -0.2) is 4.98 Å². The highest BCUT2D eigenvalue weighted by Gasteiger charge is 2.21. The van der Waals surface area contributed by atoms with Crippen LogP contribution in [0.25, 0.3) is 5.65 Å². The van der Waals surface area contributed by atoms with Crippen molar-refractivity contribution in [2.24, 2.45) is 0 Å². The molecule has 0 saturated heterocycles. The zero-order chi connectivity index (χ0) is 17.3. The lowest BCUT2D eigenvalue weighted by Gasteiger charge is -2.15. The molecular formula is C17H23N7. The molecule has 3 rings (SSSR count). The van der Waals surface area contributed by atoms with Crippen molar-refractivity contribution >= 4 is 17.3 Å². The second-order valence-corrected chi connectivity index (χ2v) is 7.03. The molecule has 7 nitrogen and oxygen atoms in total. The Morgan fingerprint density at radius 2 is 1.92 bits per heavy atom. The predicted octanol–water partition coefficient (Wildman–Crippen LogP) is 2.49. The van der Waals surface area contributed by atoms with E-state index in [9.17, 15) is 0 Å². The van der Waals surface area contributed by atoms with Crippen LogP contribution in [0.3, 0.4) is 0 Å². The molecule has 24 heavy (non-hydrogen) atoms. The van der Waals surface area contributed by atoms with E-state index in [0.717, 1.165) is 28.7 Å². The van der Waals surface area contributed by atoms with Crippen molar-refractivity contribution in [3.05, 3.63) is 41.9 Å². The summed E-state index contributed by atoms with van der Waals surface area (Å²) < 4.78 is 1.81. The van der Waals surface area contributed by atoms with E-state index in [2.05, 4.69) is 52.4 Å². The van der Waals surface area contributed by atoms with Crippen molar-refractivity contribution in [3.8, 4) is 0 Å². The molecule has 126 valence electrons. The first kappa shape index (κ1) is 16.2. The molecule has 0 saturated carbocycles. The minimum atomic E-state index is -0.114. The third-order valence-electron chi connectivity index (χ3n) is 3.68. The highest BCUT2D eigenvalue weighted by molar-refractivity contribution is 5.45. The summed E-state index contributed by atoms with van der Waals surface area (Å²) in [5.74, 6) is 2.57. The summed E-state index contributed by atoms with van der Waals surface area (Å²) in [5.41, 5.74) is 1.79. The third kappa shape index (κ3) is 3.29. The van der Waals surface area contributed by atoms with E-state index in [0.29, 0.717) is 6.54 Å². The van der Waals surface area contributed by atoms with Crippen LogP contribution in [0.4, 0.5) is 11.6 Å². The van der Waals surface area contributed by atoms with Crippen molar-refractivity contribution in [2.45, 2.75) is 32.7 Å². The summed E-state index contributed by atoms with van der Waals surface area (Å²) in [5, 5.41) is 16.4. The van der Waals surface area contributed by atoms with Gasteiger partial charge in [-0.1, -0.05) is 20.8 Å². The van der Waals surface area contributed by atoms with Gasteiger partial charge in [-0.3, -0.25) is 0 Å². The molecule has 0 aromatic carbocycles. The minimum absolute atomic E-state index is 0.114. The van der Waals surface area contributed by atoms with Crippen LogP contribution in [0.2, 0.25) is 0 Å². The van der Waals surface area contributed by atoms with Crippen LogP contribution in [0.5, 0.6) is 0 Å². The average Bonchev–Trinajstić information content (AvgIpc) is 2.96. The molecule has 0 atom stereocenters. The quantitative estimate of drug-likeness (QED) is 0.794. The predicted molar refractivity (Wildman–Crippen MR) is 95.4 cm³/mol. The van der Waals surface area contributed by atoms with Crippen LogP contribution in [-0.4, -0.2) is 38.9 Å². The normalized spacial score (nSPS) is 11.7. The first-order valence-electron chi connectivity index (χ1n) is 7.94. The summed E-state index contributed by atoms with van der Waals surface area (Å²) in [6.45, 7) is 6.98. The minimum Gasteiger partial charge on any atom is -0.365 e. The van der Waals surface area contributed by atoms with E-state index in [4.69, 9.17) is 0 Å². The van der Waals surface area contributed by atoms with Gasteiger partial charge in [-0.15, -0.1) is 15.3 Å². The van der Waals surface area contributed by atoms with Gasteiger partial charge in [0.05, 0.1) is 0 Å². The van der Waals surface area contributed by atoms with Crippen LogP contribution >= 0.6 is 0 Å². The lowest BCUT2D eigenvalue weighted by Crippen LogP contribution is -2.17. The Morgan fingerprint density at radius 3 is 2.62 bits per heavy atom. The molecular weight excluding hydrogens is 302 g/mol. The van der Waals surface area contributed by atoms with E-state index < -0.39 is 0 Å². The molecule has 0 amide bonds. The Bertz CT molecular complexity index is 846. The maximum absolute atomic E-state index is 4.63. The molecule has 0 aliphatic carbocycles. The number of aromatic nitrogens is 5.